The van der Waals surface area contributed by atoms with E-state index in [-0.39, 0.29) is 29.9 Å². The zero-order valence-corrected chi connectivity index (χ0v) is 21.9. The van der Waals surface area contributed by atoms with Crippen molar-refractivity contribution < 1.29 is 9.53 Å². The summed E-state index contributed by atoms with van der Waals surface area (Å²) in [4.78, 5) is 21.0. The fourth-order valence-corrected chi connectivity index (χ4v) is 3.66. The van der Waals surface area contributed by atoms with E-state index in [1.807, 2.05) is 18.2 Å². The minimum Gasteiger partial charge on any atom is -0.385 e. The van der Waals surface area contributed by atoms with Gasteiger partial charge >= 0.3 is 0 Å². The summed E-state index contributed by atoms with van der Waals surface area (Å²) in [5.41, 5.74) is 1.86. The van der Waals surface area contributed by atoms with Crippen molar-refractivity contribution in [3.8, 4) is 0 Å². The smallest absolute Gasteiger partial charge is 0.253 e. The molecule has 0 radical (unpaired) electrons. The van der Waals surface area contributed by atoms with Crippen LogP contribution in [0.2, 0.25) is 0 Å². The van der Waals surface area contributed by atoms with E-state index in [4.69, 9.17) is 9.73 Å². The number of halogens is 1. The van der Waals surface area contributed by atoms with Crippen molar-refractivity contribution in [3.05, 3.63) is 35.4 Å². The third-order valence-corrected chi connectivity index (χ3v) is 5.35. The number of nitrogens with one attached hydrogen (secondary N) is 2. The number of carbonyl (C=O) groups excluding carboxylic acids is 1. The highest BCUT2D eigenvalue weighted by Crippen LogP contribution is 2.11. The molecule has 1 amide bonds. The zero-order valence-electron chi connectivity index (χ0n) is 19.5. The van der Waals surface area contributed by atoms with Gasteiger partial charge in [0.15, 0.2) is 5.96 Å². The molecule has 8 heteroatoms. The van der Waals surface area contributed by atoms with Gasteiger partial charge in [0.25, 0.3) is 5.91 Å². The van der Waals surface area contributed by atoms with Crippen molar-refractivity contribution in [3.63, 3.8) is 0 Å². The quantitative estimate of drug-likeness (QED) is 0.205. The number of rotatable bonds is 10. The maximum absolute atomic E-state index is 12.2. The molecule has 176 valence electrons. The molecule has 1 aromatic rings. The first-order valence-corrected chi connectivity index (χ1v) is 11.1. The molecule has 1 aromatic carbocycles. The third-order valence-electron chi connectivity index (χ3n) is 5.35. The average Bonchev–Trinajstić information content (AvgIpc) is 2.75. The van der Waals surface area contributed by atoms with Gasteiger partial charge in [-0.05, 0) is 50.3 Å². The van der Waals surface area contributed by atoms with E-state index in [2.05, 4.69) is 28.5 Å². The monoisotopic (exact) mass is 545 g/mol. The highest BCUT2D eigenvalue weighted by Gasteiger charge is 2.19. The Balaban J connectivity index is 0.00000480. The minimum atomic E-state index is 0. The summed E-state index contributed by atoms with van der Waals surface area (Å²) >= 11 is 0. The van der Waals surface area contributed by atoms with Gasteiger partial charge in [-0.2, -0.15) is 0 Å². The molecular weight excluding hydrogens is 505 g/mol. The maximum atomic E-state index is 12.2. The van der Waals surface area contributed by atoms with E-state index in [0.29, 0.717) is 12.6 Å². The number of ether oxygens (including phenoxy) is 1. The molecule has 1 fully saturated rings. The number of aliphatic imine (C=N–C) groups is 1. The fraction of sp³-hybridized carbons (Fsp3) is 0.652. The van der Waals surface area contributed by atoms with Gasteiger partial charge in [0.2, 0.25) is 0 Å². The van der Waals surface area contributed by atoms with Crippen LogP contribution in [0.5, 0.6) is 0 Å². The van der Waals surface area contributed by atoms with Crippen LogP contribution in [0.3, 0.4) is 0 Å². The number of benzene rings is 1. The molecular formula is C23H40IN5O2. The summed E-state index contributed by atoms with van der Waals surface area (Å²) in [5.74, 6) is 0.916. The molecule has 0 spiro atoms. The van der Waals surface area contributed by atoms with Crippen LogP contribution in [-0.2, 0) is 11.2 Å². The Hall–Kier alpha value is -1.39. The number of likely N-dealkylation sites (tertiary alicyclic amines) is 1. The van der Waals surface area contributed by atoms with Crippen molar-refractivity contribution in [1.29, 1.82) is 0 Å². The molecule has 1 aliphatic heterocycles. The van der Waals surface area contributed by atoms with Gasteiger partial charge in [0.05, 0.1) is 0 Å². The SMILES string of the molecule is CCNC(=NCCc1cccc(C(=O)N(C)C)c1)NC1CCN(CCCOC)CC1.I. The lowest BCUT2D eigenvalue weighted by molar-refractivity contribution is 0.0827. The molecule has 2 N–H and O–H groups in total. The standard InChI is InChI=1S/C23H39N5O2.HI/c1-5-24-23(26-21-11-15-28(16-12-21)14-7-17-30-4)25-13-10-19-8-6-9-20(18-19)22(29)27(2)3;/h6,8-9,18,21H,5,7,10-17H2,1-4H3,(H2,24,25,26);1H. The second-order valence-electron chi connectivity index (χ2n) is 8.02. The van der Waals surface area contributed by atoms with Crippen molar-refractivity contribution in [2.75, 3.05) is 60.5 Å². The average molecular weight is 546 g/mol. The van der Waals surface area contributed by atoms with E-state index in [0.717, 1.165) is 75.6 Å². The Morgan fingerprint density at radius 1 is 1.29 bits per heavy atom. The molecule has 0 aliphatic carbocycles. The molecule has 0 saturated carbocycles. The molecule has 0 unspecified atom stereocenters. The van der Waals surface area contributed by atoms with Gasteiger partial charge in [-0.1, -0.05) is 12.1 Å². The van der Waals surface area contributed by atoms with E-state index < -0.39 is 0 Å². The molecule has 7 nitrogen and oxygen atoms in total. The fourth-order valence-electron chi connectivity index (χ4n) is 3.66. The highest BCUT2D eigenvalue weighted by atomic mass is 127. The predicted molar refractivity (Wildman–Crippen MR) is 139 cm³/mol. The van der Waals surface area contributed by atoms with Gasteiger partial charge < -0.3 is 25.2 Å². The summed E-state index contributed by atoms with van der Waals surface area (Å²) in [7, 11) is 5.31. The second kappa shape index (κ2) is 15.4. The molecule has 1 saturated heterocycles. The summed E-state index contributed by atoms with van der Waals surface area (Å²) in [5, 5.41) is 6.96. The van der Waals surface area contributed by atoms with Gasteiger partial charge in [-0.25, -0.2) is 0 Å². The van der Waals surface area contributed by atoms with Crippen LogP contribution in [0.1, 0.15) is 42.1 Å². The zero-order chi connectivity index (χ0) is 21.8. The Labute approximate surface area is 205 Å². The lowest BCUT2D eigenvalue weighted by Gasteiger charge is -2.33. The molecule has 1 aliphatic rings. The summed E-state index contributed by atoms with van der Waals surface area (Å²) in [6, 6.07) is 8.30. The second-order valence-corrected chi connectivity index (χ2v) is 8.02. The van der Waals surface area contributed by atoms with Crippen molar-refractivity contribution in [1.82, 2.24) is 20.4 Å². The Kier molecular flexibility index (Phi) is 13.7. The molecule has 2 rings (SSSR count). The number of piperidine rings is 1. The van der Waals surface area contributed by atoms with Crippen LogP contribution in [0, 0.1) is 0 Å². The van der Waals surface area contributed by atoms with Gasteiger partial charge in [0.1, 0.15) is 0 Å². The first-order chi connectivity index (χ1) is 14.5. The van der Waals surface area contributed by atoms with Crippen molar-refractivity contribution >= 4 is 35.8 Å². The lowest BCUT2D eigenvalue weighted by atomic mass is 10.1. The molecule has 0 bridgehead atoms. The summed E-state index contributed by atoms with van der Waals surface area (Å²) < 4.78 is 5.15. The normalized spacial score (nSPS) is 15.3. The number of guanidine groups is 1. The first kappa shape index (κ1) is 27.6. The van der Waals surface area contributed by atoms with E-state index in [9.17, 15) is 4.79 Å². The van der Waals surface area contributed by atoms with Crippen LogP contribution in [0.15, 0.2) is 29.3 Å². The number of carbonyl (C=O) groups is 1. The number of hydrogen-bond acceptors (Lipinski definition) is 4. The van der Waals surface area contributed by atoms with E-state index in [1.165, 1.54) is 0 Å². The largest absolute Gasteiger partial charge is 0.385 e. The van der Waals surface area contributed by atoms with Gasteiger partial charge in [0, 0.05) is 72.1 Å². The highest BCUT2D eigenvalue weighted by molar-refractivity contribution is 14.0. The summed E-state index contributed by atoms with van der Waals surface area (Å²) in [6.45, 7) is 7.80. The molecule has 1 heterocycles. The molecule has 0 aromatic heterocycles. The maximum Gasteiger partial charge on any atom is 0.253 e. The number of nitrogens with zero attached hydrogens (tertiary/aromatic N) is 3. The van der Waals surface area contributed by atoms with Crippen LogP contribution in [0.4, 0.5) is 0 Å². The van der Waals surface area contributed by atoms with E-state index >= 15 is 0 Å². The third kappa shape index (κ3) is 10.2. The minimum absolute atomic E-state index is 0. The molecule has 0 atom stereocenters. The van der Waals surface area contributed by atoms with Crippen molar-refractivity contribution in [2.45, 2.75) is 38.6 Å². The summed E-state index contributed by atoms with van der Waals surface area (Å²) in [6.07, 6.45) is 4.17. The van der Waals surface area contributed by atoms with Crippen LogP contribution < -0.4 is 10.6 Å². The number of methoxy groups -OCH3 is 1. The van der Waals surface area contributed by atoms with Crippen LogP contribution in [0.25, 0.3) is 0 Å². The number of amides is 1. The van der Waals surface area contributed by atoms with Crippen molar-refractivity contribution in [2.24, 2.45) is 4.99 Å². The lowest BCUT2D eigenvalue weighted by Crippen LogP contribution is -2.49. The Bertz CT molecular complexity index is 676. The van der Waals surface area contributed by atoms with E-state index in [1.54, 1.807) is 26.1 Å². The van der Waals surface area contributed by atoms with Crippen LogP contribution in [-0.4, -0.2) is 88.2 Å². The Morgan fingerprint density at radius 3 is 2.68 bits per heavy atom. The predicted octanol–water partition coefficient (Wildman–Crippen LogP) is 2.60. The first-order valence-electron chi connectivity index (χ1n) is 11.1. The Morgan fingerprint density at radius 2 is 2.03 bits per heavy atom. The topological polar surface area (TPSA) is 69.2 Å². The van der Waals surface area contributed by atoms with Crippen LogP contribution >= 0.6 is 24.0 Å². The number of hydrogen-bond donors (Lipinski definition) is 2. The van der Waals surface area contributed by atoms with Gasteiger partial charge in [-0.15, -0.1) is 24.0 Å². The molecule has 31 heavy (non-hydrogen) atoms. The van der Waals surface area contributed by atoms with Gasteiger partial charge in [-0.3, -0.25) is 9.79 Å².